The highest BCUT2D eigenvalue weighted by molar-refractivity contribution is 5.51. The third-order valence-corrected chi connectivity index (χ3v) is 6.06. The quantitative estimate of drug-likeness (QED) is 0.783. The molecule has 2 aliphatic carbocycles. The van der Waals surface area contributed by atoms with Gasteiger partial charge in [0.05, 0.1) is 7.11 Å². The molecule has 0 saturated heterocycles. The molecule has 4 heteroatoms. The average Bonchev–Trinajstić information content (AvgIpc) is 2.57. The lowest BCUT2D eigenvalue weighted by Crippen LogP contribution is -2.57. The van der Waals surface area contributed by atoms with Crippen LogP contribution >= 0.6 is 0 Å². The molecule has 0 amide bonds. The lowest BCUT2D eigenvalue weighted by Gasteiger charge is -2.56. The Bertz CT molecular complexity index is 654. The Labute approximate surface area is 131 Å². The Morgan fingerprint density at radius 1 is 1.36 bits per heavy atom. The predicted molar refractivity (Wildman–Crippen MR) is 85.8 cm³/mol. The van der Waals surface area contributed by atoms with Gasteiger partial charge in [-0.15, -0.1) is 4.91 Å². The fourth-order valence-electron chi connectivity index (χ4n) is 5.09. The van der Waals surface area contributed by atoms with Crippen LogP contribution in [0.2, 0.25) is 0 Å². The van der Waals surface area contributed by atoms with Gasteiger partial charge < -0.3 is 9.64 Å². The van der Waals surface area contributed by atoms with E-state index in [0.717, 1.165) is 25.0 Å². The summed E-state index contributed by atoms with van der Waals surface area (Å²) in [6.45, 7) is 0. The molecule has 0 aromatic heterocycles. The Balaban J connectivity index is 1.99. The molecule has 0 N–H and O–H groups in total. The minimum Gasteiger partial charge on any atom is -0.497 e. The number of methoxy groups -OCH3 is 1. The molecule has 0 unspecified atom stereocenters. The molecular formula is C18H22N2O2. The van der Waals surface area contributed by atoms with Gasteiger partial charge in [-0.2, -0.15) is 0 Å². The number of rotatable bonds is 2. The second-order valence-electron chi connectivity index (χ2n) is 6.89. The zero-order valence-electron chi connectivity index (χ0n) is 13.2. The Kier molecular flexibility index (Phi) is 3.03. The molecule has 1 aromatic rings. The van der Waals surface area contributed by atoms with Crippen LogP contribution in [0.5, 0.6) is 5.75 Å². The molecule has 0 spiro atoms. The van der Waals surface area contributed by atoms with E-state index in [1.165, 1.54) is 24.0 Å². The lowest BCUT2D eigenvalue weighted by atomic mass is 9.53. The van der Waals surface area contributed by atoms with Crippen LogP contribution in [0.15, 0.2) is 35.3 Å². The smallest absolute Gasteiger partial charge is 0.119 e. The van der Waals surface area contributed by atoms with Crippen LogP contribution in [-0.2, 0) is 11.8 Å². The average molecular weight is 298 g/mol. The second kappa shape index (κ2) is 4.83. The van der Waals surface area contributed by atoms with E-state index in [9.17, 15) is 4.91 Å². The maximum Gasteiger partial charge on any atom is 0.119 e. The highest BCUT2D eigenvalue weighted by Gasteiger charge is 2.55. The van der Waals surface area contributed by atoms with Crippen LogP contribution in [0.1, 0.15) is 36.8 Å². The van der Waals surface area contributed by atoms with Gasteiger partial charge in [-0.25, -0.2) is 0 Å². The van der Waals surface area contributed by atoms with E-state index in [1.807, 2.05) is 12.3 Å². The number of hydrogen-bond donors (Lipinski definition) is 0. The van der Waals surface area contributed by atoms with Crippen LogP contribution in [-0.4, -0.2) is 25.1 Å². The lowest BCUT2D eigenvalue weighted by molar-refractivity contribution is 0.0794. The van der Waals surface area contributed by atoms with E-state index in [0.29, 0.717) is 17.7 Å². The maximum atomic E-state index is 11.6. The van der Waals surface area contributed by atoms with Crippen molar-refractivity contribution in [3.63, 3.8) is 0 Å². The van der Waals surface area contributed by atoms with Crippen molar-refractivity contribution in [3.8, 4) is 5.75 Å². The van der Waals surface area contributed by atoms with E-state index in [2.05, 4.69) is 29.3 Å². The molecular weight excluding hydrogens is 276 g/mol. The normalized spacial score (nSPS) is 32.6. The van der Waals surface area contributed by atoms with E-state index >= 15 is 0 Å². The van der Waals surface area contributed by atoms with E-state index in [1.54, 1.807) is 7.11 Å². The first-order valence-corrected chi connectivity index (χ1v) is 8.15. The van der Waals surface area contributed by atoms with Gasteiger partial charge >= 0.3 is 0 Å². The highest BCUT2D eigenvalue weighted by Crippen LogP contribution is 2.57. The summed E-state index contributed by atoms with van der Waals surface area (Å²) in [5, 5.41) is 3.48. The van der Waals surface area contributed by atoms with Crippen LogP contribution < -0.4 is 4.74 Å². The van der Waals surface area contributed by atoms with Crippen LogP contribution in [0, 0.1) is 10.8 Å². The van der Waals surface area contributed by atoms with Gasteiger partial charge in [0, 0.05) is 24.7 Å². The van der Waals surface area contributed by atoms with E-state index < -0.39 is 0 Å². The minimum absolute atomic E-state index is 0.195. The summed E-state index contributed by atoms with van der Waals surface area (Å²) in [6.07, 6.45) is 7.66. The summed E-state index contributed by atoms with van der Waals surface area (Å²) in [5.74, 6) is 1.36. The molecule has 116 valence electrons. The Morgan fingerprint density at radius 3 is 3.00 bits per heavy atom. The van der Waals surface area contributed by atoms with Gasteiger partial charge in [-0.3, -0.25) is 0 Å². The molecule has 2 bridgehead atoms. The van der Waals surface area contributed by atoms with Gasteiger partial charge in [0.25, 0.3) is 0 Å². The van der Waals surface area contributed by atoms with Crippen LogP contribution in [0.3, 0.4) is 0 Å². The molecule has 1 fully saturated rings. The number of allylic oxidation sites excluding steroid dienone is 1. The number of benzene rings is 1. The zero-order valence-corrected chi connectivity index (χ0v) is 13.2. The molecule has 1 heterocycles. The van der Waals surface area contributed by atoms with Crippen molar-refractivity contribution in [1.82, 2.24) is 4.90 Å². The topological polar surface area (TPSA) is 41.9 Å². The molecule has 3 aliphatic rings. The largest absolute Gasteiger partial charge is 0.497 e. The Morgan fingerprint density at radius 2 is 2.23 bits per heavy atom. The van der Waals surface area contributed by atoms with Crippen molar-refractivity contribution < 1.29 is 4.74 Å². The number of fused-ring (bicyclic) bond motifs is 1. The second-order valence-corrected chi connectivity index (χ2v) is 6.89. The molecule has 4 nitrogen and oxygen atoms in total. The van der Waals surface area contributed by atoms with Gasteiger partial charge in [0.2, 0.25) is 0 Å². The third-order valence-electron chi connectivity index (χ3n) is 6.06. The first-order valence-electron chi connectivity index (χ1n) is 8.15. The molecule has 1 saturated carbocycles. The number of nitrogens with zero attached hydrogens (tertiary/aromatic N) is 2. The van der Waals surface area contributed by atoms with Crippen molar-refractivity contribution in [3.05, 3.63) is 46.1 Å². The van der Waals surface area contributed by atoms with Crippen molar-refractivity contribution in [2.45, 2.75) is 43.6 Å². The molecule has 3 atom stereocenters. The number of nitroso groups, excluding NO2 is 1. The number of likely N-dealkylation sites (N-methyl/N-ethyl adjacent to an activating group) is 1. The summed E-state index contributed by atoms with van der Waals surface area (Å²) in [5.41, 5.74) is 3.15. The van der Waals surface area contributed by atoms with Gasteiger partial charge in [0.1, 0.15) is 11.4 Å². The zero-order chi connectivity index (χ0) is 15.3. The highest BCUT2D eigenvalue weighted by atomic mass is 16.5. The van der Waals surface area contributed by atoms with E-state index in [4.69, 9.17) is 4.74 Å². The first-order chi connectivity index (χ1) is 10.7. The van der Waals surface area contributed by atoms with Gasteiger partial charge in [0.15, 0.2) is 0 Å². The molecule has 0 radical (unpaired) electrons. The van der Waals surface area contributed by atoms with Gasteiger partial charge in [-0.1, -0.05) is 18.9 Å². The maximum absolute atomic E-state index is 11.6. The van der Waals surface area contributed by atoms with Crippen molar-refractivity contribution in [2.24, 2.45) is 11.1 Å². The molecule has 22 heavy (non-hydrogen) atoms. The summed E-state index contributed by atoms with van der Waals surface area (Å²) in [4.78, 5) is 13.9. The molecule has 4 rings (SSSR count). The summed E-state index contributed by atoms with van der Waals surface area (Å²) < 4.78 is 5.45. The standard InChI is InChI=1S/C18H22N2O2/c1-20-11-17(19-21)18-8-4-3-5-14(18)16(20)9-12-6-7-13(22-2)10-15(12)18/h6-7,10-11,14,16H,3-5,8-9H2,1-2H3/t14-,16+,18+/m0/s1. The van der Waals surface area contributed by atoms with Crippen molar-refractivity contribution in [2.75, 3.05) is 14.2 Å². The fourth-order valence-corrected chi connectivity index (χ4v) is 5.09. The van der Waals surface area contributed by atoms with E-state index in [-0.39, 0.29) is 5.41 Å². The fraction of sp³-hybridized carbons (Fsp3) is 0.556. The van der Waals surface area contributed by atoms with Crippen molar-refractivity contribution >= 4 is 0 Å². The third kappa shape index (κ3) is 1.64. The van der Waals surface area contributed by atoms with Crippen LogP contribution in [0.25, 0.3) is 0 Å². The molecule has 1 aromatic carbocycles. The summed E-state index contributed by atoms with van der Waals surface area (Å²) >= 11 is 0. The van der Waals surface area contributed by atoms with Crippen molar-refractivity contribution in [1.29, 1.82) is 0 Å². The number of hydrogen-bond acceptors (Lipinski definition) is 4. The summed E-state index contributed by atoms with van der Waals surface area (Å²) in [7, 11) is 3.79. The first kappa shape index (κ1) is 13.8. The minimum atomic E-state index is -0.195. The van der Waals surface area contributed by atoms with Gasteiger partial charge in [-0.05, 0) is 53.6 Å². The monoisotopic (exact) mass is 298 g/mol. The predicted octanol–water partition coefficient (Wildman–Crippen LogP) is 3.60. The van der Waals surface area contributed by atoms with Crippen LogP contribution in [0.4, 0.5) is 0 Å². The number of ether oxygens (including phenoxy) is 1. The Hall–Kier alpha value is -1.84. The summed E-state index contributed by atoms with van der Waals surface area (Å²) in [6, 6.07) is 6.84. The molecule has 1 aliphatic heterocycles. The SMILES string of the molecule is COc1ccc2c(c1)[C@@]13CCCC[C@H]1[C@@H](C2)N(C)C=C3N=O.